The van der Waals surface area contributed by atoms with Crippen molar-refractivity contribution in [1.82, 2.24) is 9.55 Å². The van der Waals surface area contributed by atoms with Crippen LogP contribution >= 0.6 is 0 Å². The molecular formula is C12H11N2NaO2. The molecule has 0 aliphatic carbocycles. The van der Waals surface area contributed by atoms with Gasteiger partial charge in [-0.25, -0.2) is 4.98 Å². The topological polar surface area (TPSA) is 57.9 Å². The van der Waals surface area contributed by atoms with Gasteiger partial charge in [0.25, 0.3) is 0 Å². The molecule has 2 aromatic rings. The van der Waals surface area contributed by atoms with Gasteiger partial charge in [0.1, 0.15) is 0 Å². The fourth-order valence-electron chi connectivity index (χ4n) is 1.60. The Balaban J connectivity index is 0.00000144. The number of carbonyl (C=O) groups is 1. The van der Waals surface area contributed by atoms with E-state index in [4.69, 9.17) is 0 Å². The van der Waals surface area contributed by atoms with E-state index >= 15 is 0 Å². The second-order valence-electron chi connectivity index (χ2n) is 3.53. The van der Waals surface area contributed by atoms with Crippen molar-refractivity contribution in [3.05, 3.63) is 54.6 Å². The van der Waals surface area contributed by atoms with Gasteiger partial charge >= 0.3 is 29.6 Å². The number of rotatable bonds is 4. The number of hydrogen-bond acceptors (Lipinski definition) is 3. The summed E-state index contributed by atoms with van der Waals surface area (Å²) in [5.74, 6) is -1.10. The Morgan fingerprint density at radius 1 is 1.35 bits per heavy atom. The summed E-state index contributed by atoms with van der Waals surface area (Å²) < 4.78 is 1.54. The van der Waals surface area contributed by atoms with Crippen LogP contribution in [0.4, 0.5) is 0 Å². The molecule has 0 unspecified atom stereocenters. The van der Waals surface area contributed by atoms with Crippen LogP contribution in [0.1, 0.15) is 11.6 Å². The number of carbonyl (C=O) groups excluding carboxylic acids is 1. The quantitative estimate of drug-likeness (QED) is 0.550. The summed E-state index contributed by atoms with van der Waals surface area (Å²) in [5.41, 5.74) is 0.963. The number of carboxylic acid groups (broad SMARTS) is 1. The minimum absolute atomic E-state index is 0. The molecule has 0 aliphatic rings. The number of aliphatic carboxylic acids is 1. The Kier molecular flexibility index (Phi) is 5.41. The minimum atomic E-state index is -1.10. The van der Waals surface area contributed by atoms with Crippen LogP contribution in [0.5, 0.6) is 0 Å². The largest absolute Gasteiger partial charge is 1.00 e. The van der Waals surface area contributed by atoms with Gasteiger partial charge in [-0.1, -0.05) is 30.3 Å². The van der Waals surface area contributed by atoms with E-state index < -0.39 is 12.0 Å². The van der Waals surface area contributed by atoms with Crippen LogP contribution in [-0.4, -0.2) is 15.5 Å². The zero-order valence-corrected chi connectivity index (χ0v) is 11.6. The predicted molar refractivity (Wildman–Crippen MR) is 56.4 cm³/mol. The number of hydrogen-bond donors (Lipinski definition) is 0. The van der Waals surface area contributed by atoms with Crippen LogP contribution in [-0.2, 0) is 11.2 Å². The molecular weight excluding hydrogens is 227 g/mol. The maximum atomic E-state index is 11.0. The van der Waals surface area contributed by atoms with Crippen molar-refractivity contribution in [2.24, 2.45) is 0 Å². The van der Waals surface area contributed by atoms with E-state index in [2.05, 4.69) is 4.98 Å². The maximum Gasteiger partial charge on any atom is 1.00 e. The van der Waals surface area contributed by atoms with E-state index in [1.165, 1.54) is 6.33 Å². The summed E-state index contributed by atoms with van der Waals surface area (Å²) in [4.78, 5) is 14.9. The van der Waals surface area contributed by atoms with Crippen molar-refractivity contribution in [1.29, 1.82) is 0 Å². The van der Waals surface area contributed by atoms with Gasteiger partial charge in [-0.2, -0.15) is 0 Å². The molecule has 1 aromatic heterocycles. The normalized spacial score (nSPS) is 11.5. The zero-order chi connectivity index (χ0) is 11.4. The van der Waals surface area contributed by atoms with Gasteiger partial charge in [0.05, 0.1) is 18.3 Å². The summed E-state index contributed by atoms with van der Waals surface area (Å²) in [6, 6.07) is 8.75. The van der Waals surface area contributed by atoms with E-state index in [1.54, 1.807) is 17.0 Å². The molecule has 1 atom stereocenters. The smallest absolute Gasteiger partial charge is 0.548 e. The number of aromatic nitrogens is 2. The molecule has 0 saturated heterocycles. The van der Waals surface area contributed by atoms with Gasteiger partial charge in [0, 0.05) is 12.4 Å². The Labute approximate surface area is 122 Å². The Bertz CT molecular complexity index is 457. The van der Waals surface area contributed by atoms with E-state index in [1.807, 2.05) is 30.3 Å². The molecule has 17 heavy (non-hydrogen) atoms. The molecule has 4 nitrogen and oxygen atoms in total. The van der Waals surface area contributed by atoms with Gasteiger partial charge in [-0.15, -0.1) is 0 Å². The third-order valence-electron chi connectivity index (χ3n) is 2.43. The van der Waals surface area contributed by atoms with Crippen LogP contribution < -0.4 is 34.7 Å². The molecule has 1 aromatic carbocycles. The minimum Gasteiger partial charge on any atom is -0.548 e. The first-order valence-electron chi connectivity index (χ1n) is 4.99. The van der Waals surface area contributed by atoms with Crippen molar-refractivity contribution >= 4 is 5.97 Å². The molecule has 0 fully saturated rings. The van der Waals surface area contributed by atoms with Crippen LogP contribution in [0.15, 0.2) is 49.1 Å². The van der Waals surface area contributed by atoms with Crippen LogP contribution in [0.3, 0.4) is 0 Å². The second kappa shape index (κ2) is 6.59. The molecule has 0 spiro atoms. The van der Waals surface area contributed by atoms with Crippen molar-refractivity contribution in [3.63, 3.8) is 0 Å². The van der Waals surface area contributed by atoms with Crippen LogP contribution in [0.25, 0.3) is 0 Å². The predicted octanol–water partition coefficient (Wildman–Crippen LogP) is -2.58. The maximum absolute atomic E-state index is 11.0. The summed E-state index contributed by atoms with van der Waals surface area (Å²) in [5, 5.41) is 11.0. The summed E-state index contributed by atoms with van der Waals surface area (Å²) in [7, 11) is 0. The fourth-order valence-corrected chi connectivity index (χ4v) is 1.60. The zero-order valence-electron chi connectivity index (χ0n) is 9.61. The van der Waals surface area contributed by atoms with Gasteiger partial charge in [-0.3, -0.25) is 0 Å². The molecule has 0 amide bonds. The molecule has 0 bridgehead atoms. The van der Waals surface area contributed by atoms with Crippen molar-refractivity contribution in [2.75, 3.05) is 0 Å². The number of benzene rings is 1. The average molecular weight is 238 g/mol. The van der Waals surface area contributed by atoms with Crippen LogP contribution in [0, 0.1) is 0 Å². The summed E-state index contributed by atoms with van der Waals surface area (Å²) in [6.45, 7) is 0. The number of imidazole rings is 1. The van der Waals surface area contributed by atoms with E-state index in [0.717, 1.165) is 5.56 Å². The molecule has 0 N–H and O–H groups in total. The Morgan fingerprint density at radius 2 is 2.06 bits per heavy atom. The fraction of sp³-hybridized carbons (Fsp3) is 0.167. The van der Waals surface area contributed by atoms with Crippen molar-refractivity contribution < 1.29 is 39.5 Å². The van der Waals surface area contributed by atoms with Gasteiger partial charge in [0.2, 0.25) is 0 Å². The first-order chi connectivity index (χ1) is 7.77. The number of nitrogens with zero attached hydrogens (tertiary/aromatic N) is 2. The summed E-state index contributed by atoms with van der Waals surface area (Å²) in [6.07, 6.45) is 5.08. The standard InChI is InChI=1S/C12H12N2O2.Na/c15-12(16)11(14-7-6-13-9-14)8-10-4-2-1-3-5-10;/h1-7,9,11H,8H2,(H,15,16);/q;+1/p-1/t11-;/m0./s1. The molecule has 82 valence electrons. The van der Waals surface area contributed by atoms with Crippen molar-refractivity contribution in [2.45, 2.75) is 12.5 Å². The molecule has 2 rings (SSSR count). The molecule has 0 saturated carbocycles. The van der Waals surface area contributed by atoms with Crippen molar-refractivity contribution in [3.8, 4) is 0 Å². The molecule has 0 aliphatic heterocycles. The van der Waals surface area contributed by atoms with Gasteiger partial charge in [-0.05, 0) is 12.0 Å². The van der Waals surface area contributed by atoms with Gasteiger partial charge in [0.15, 0.2) is 0 Å². The first-order valence-corrected chi connectivity index (χ1v) is 4.99. The SMILES string of the molecule is O=C([O-])[C@H](Cc1ccccc1)n1ccnc1.[Na+]. The van der Waals surface area contributed by atoms with Gasteiger partial charge < -0.3 is 14.5 Å². The van der Waals surface area contributed by atoms with E-state index in [9.17, 15) is 9.90 Å². The molecule has 0 radical (unpaired) electrons. The number of carboxylic acids is 1. The summed E-state index contributed by atoms with van der Waals surface area (Å²) >= 11 is 0. The monoisotopic (exact) mass is 238 g/mol. The third-order valence-corrected chi connectivity index (χ3v) is 2.43. The Hall–Kier alpha value is -1.10. The van der Waals surface area contributed by atoms with E-state index in [0.29, 0.717) is 6.42 Å². The van der Waals surface area contributed by atoms with E-state index in [-0.39, 0.29) is 29.6 Å². The first kappa shape index (κ1) is 14.0. The van der Waals surface area contributed by atoms with Crippen LogP contribution in [0.2, 0.25) is 0 Å². The second-order valence-corrected chi connectivity index (χ2v) is 3.53. The average Bonchev–Trinajstić information content (AvgIpc) is 2.80. The molecule has 1 heterocycles. The Morgan fingerprint density at radius 3 is 2.59 bits per heavy atom. The third kappa shape index (κ3) is 3.70. The molecule has 5 heteroatoms.